The number of hydrogen-bond donors (Lipinski definition) is 3. The van der Waals surface area contributed by atoms with Gasteiger partial charge in [-0.25, -0.2) is 0 Å². The summed E-state index contributed by atoms with van der Waals surface area (Å²) in [4.78, 5) is 0. The van der Waals surface area contributed by atoms with Crippen LogP contribution in [0.3, 0.4) is 0 Å². The van der Waals surface area contributed by atoms with Crippen LogP contribution in [0.15, 0.2) is 0 Å². The van der Waals surface area contributed by atoms with E-state index in [1.165, 1.54) is 0 Å². The molecule has 0 unspecified atom stereocenters. The molecule has 0 heterocycles. The van der Waals surface area contributed by atoms with Crippen LogP contribution in [-0.4, -0.2) is 36.5 Å². The average Bonchev–Trinajstić information content (AvgIpc) is 2.23. The van der Waals surface area contributed by atoms with E-state index in [-0.39, 0.29) is 13.2 Å². The third-order valence-electron chi connectivity index (χ3n) is 3.41. The van der Waals surface area contributed by atoms with E-state index in [2.05, 4.69) is 33.0 Å². The van der Waals surface area contributed by atoms with Crippen LogP contribution in [0.1, 0.15) is 34.6 Å². The Kier molecular flexibility index (Phi) is 7.20. The van der Waals surface area contributed by atoms with Crippen molar-refractivity contribution < 1.29 is 10.2 Å². The Labute approximate surface area is 100 Å². The van der Waals surface area contributed by atoms with E-state index >= 15 is 0 Å². The standard InChI is InChI=1S/C13H29NO2/c1-10(2)12(11(3)4)6-14-7-13(5,8-15)9-16/h10-12,14-16H,6-9H2,1-5H3. The van der Waals surface area contributed by atoms with E-state index in [0.29, 0.717) is 24.3 Å². The monoisotopic (exact) mass is 231 g/mol. The van der Waals surface area contributed by atoms with Crippen LogP contribution in [0, 0.1) is 23.2 Å². The molecule has 0 radical (unpaired) electrons. The van der Waals surface area contributed by atoms with Crippen LogP contribution >= 0.6 is 0 Å². The molecule has 0 aromatic carbocycles. The second-order valence-corrected chi connectivity index (χ2v) is 5.91. The van der Waals surface area contributed by atoms with Gasteiger partial charge in [-0.2, -0.15) is 0 Å². The molecule has 0 fully saturated rings. The molecule has 0 atom stereocenters. The molecule has 0 saturated carbocycles. The fourth-order valence-corrected chi connectivity index (χ4v) is 1.94. The average molecular weight is 231 g/mol. The first-order valence-corrected chi connectivity index (χ1v) is 6.28. The SMILES string of the molecule is CC(C)C(CNCC(C)(CO)CO)C(C)C. The molecule has 0 aromatic heterocycles. The molecule has 0 spiro atoms. The molecule has 0 bridgehead atoms. The lowest BCUT2D eigenvalue weighted by Gasteiger charge is -2.29. The normalized spacial score (nSPS) is 13.1. The van der Waals surface area contributed by atoms with Crippen LogP contribution in [0.2, 0.25) is 0 Å². The molecule has 0 saturated heterocycles. The molecular formula is C13H29NO2. The zero-order valence-electron chi connectivity index (χ0n) is 11.5. The number of nitrogens with one attached hydrogen (secondary N) is 1. The highest BCUT2D eigenvalue weighted by atomic mass is 16.3. The maximum Gasteiger partial charge on any atom is 0.0518 e. The van der Waals surface area contributed by atoms with Crippen molar-refractivity contribution in [2.75, 3.05) is 26.3 Å². The Morgan fingerprint density at radius 3 is 1.75 bits per heavy atom. The zero-order chi connectivity index (χ0) is 12.8. The Balaban J connectivity index is 4.04. The van der Waals surface area contributed by atoms with E-state index in [0.717, 1.165) is 6.54 Å². The predicted molar refractivity (Wildman–Crippen MR) is 68.3 cm³/mol. The van der Waals surface area contributed by atoms with Crippen molar-refractivity contribution in [3.8, 4) is 0 Å². The van der Waals surface area contributed by atoms with E-state index in [4.69, 9.17) is 10.2 Å². The quantitative estimate of drug-likeness (QED) is 0.593. The Bertz CT molecular complexity index is 169. The first-order chi connectivity index (χ1) is 7.36. The molecule has 0 amide bonds. The molecule has 0 aliphatic carbocycles. The van der Waals surface area contributed by atoms with Crippen molar-refractivity contribution in [2.45, 2.75) is 34.6 Å². The minimum atomic E-state index is -0.404. The Morgan fingerprint density at radius 1 is 1.00 bits per heavy atom. The van der Waals surface area contributed by atoms with Crippen molar-refractivity contribution in [1.29, 1.82) is 0 Å². The fraction of sp³-hybridized carbons (Fsp3) is 1.00. The second-order valence-electron chi connectivity index (χ2n) is 5.91. The summed E-state index contributed by atoms with van der Waals surface area (Å²) >= 11 is 0. The Morgan fingerprint density at radius 2 is 1.44 bits per heavy atom. The van der Waals surface area contributed by atoms with Crippen LogP contribution in [0.4, 0.5) is 0 Å². The van der Waals surface area contributed by atoms with E-state index < -0.39 is 5.41 Å². The summed E-state index contributed by atoms with van der Waals surface area (Å²) in [6, 6.07) is 0. The van der Waals surface area contributed by atoms with Gasteiger partial charge in [-0.15, -0.1) is 0 Å². The van der Waals surface area contributed by atoms with Crippen LogP contribution < -0.4 is 5.32 Å². The summed E-state index contributed by atoms with van der Waals surface area (Å²) in [5.74, 6) is 1.95. The number of hydrogen-bond acceptors (Lipinski definition) is 3. The van der Waals surface area contributed by atoms with Crippen molar-refractivity contribution in [1.82, 2.24) is 5.32 Å². The summed E-state index contributed by atoms with van der Waals surface area (Å²) < 4.78 is 0. The van der Waals surface area contributed by atoms with Crippen LogP contribution in [0.25, 0.3) is 0 Å². The van der Waals surface area contributed by atoms with Gasteiger partial charge in [0.2, 0.25) is 0 Å². The number of aliphatic hydroxyl groups is 2. The topological polar surface area (TPSA) is 52.5 Å². The van der Waals surface area contributed by atoms with Gasteiger partial charge in [0.1, 0.15) is 0 Å². The minimum Gasteiger partial charge on any atom is -0.396 e. The van der Waals surface area contributed by atoms with Gasteiger partial charge in [0.25, 0.3) is 0 Å². The molecule has 16 heavy (non-hydrogen) atoms. The van der Waals surface area contributed by atoms with Gasteiger partial charge in [0.15, 0.2) is 0 Å². The van der Waals surface area contributed by atoms with Crippen molar-refractivity contribution in [3.05, 3.63) is 0 Å². The van der Waals surface area contributed by atoms with Crippen molar-refractivity contribution in [2.24, 2.45) is 23.2 Å². The van der Waals surface area contributed by atoms with Crippen molar-refractivity contribution in [3.63, 3.8) is 0 Å². The van der Waals surface area contributed by atoms with Gasteiger partial charge < -0.3 is 15.5 Å². The van der Waals surface area contributed by atoms with E-state index in [1.54, 1.807) is 0 Å². The number of rotatable bonds is 8. The van der Waals surface area contributed by atoms with Gasteiger partial charge in [0, 0.05) is 12.0 Å². The first-order valence-electron chi connectivity index (χ1n) is 6.28. The summed E-state index contributed by atoms with van der Waals surface area (Å²) in [5, 5.41) is 21.7. The lowest BCUT2D eigenvalue weighted by molar-refractivity contribution is 0.0676. The molecular weight excluding hydrogens is 202 g/mol. The summed E-state index contributed by atoms with van der Waals surface area (Å²) in [6.07, 6.45) is 0. The smallest absolute Gasteiger partial charge is 0.0518 e. The molecule has 0 rings (SSSR count). The maximum absolute atomic E-state index is 9.17. The maximum atomic E-state index is 9.17. The third-order valence-corrected chi connectivity index (χ3v) is 3.41. The van der Waals surface area contributed by atoms with Gasteiger partial charge in [0.05, 0.1) is 13.2 Å². The molecule has 98 valence electrons. The molecule has 3 nitrogen and oxygen atoms in total. The third kappa shape index (κ3) is 5.28. The molecule has 3 heteroatoms. The largest absolute Gasteiger partial charge is 0.396 e. The Hall–Kier alpha value is -0.120. The molecule has 0 aliphatic rings. The summed E-state index contributed by atoms with van der Waals surface area (Å²) in [6.45, 7) is 12.5. The summed E-state index contributed by atoms with van der Waals surface area (Å²) in [7, 11) is 0. The fourth-order valence-electron chi connectivity index (χ4n) is 1.94. The molecule has 0 aromatic rings. The lowest BCUT2D eigenvalue weighted by Crippen LogP contribution is -2.41. The van der Waals surface area contributed by atoms with E-state index in [1.807, 2.05) is 6.92 Å². The summed E-state index contributed by atoms with van der Waals surface area (Å²) in [5.41, 5.74) is -0.404. The highest BCUT2D eigenvalue weighted by Crippen LogP contribution is 2.20. The van der Waals surface area contributed by atoms with Crippen LogP contribution in [-0.2, 0) is 0 Å². The van der Waals surface area contributed by atoms with Gasteiger partial charge in [-0.1, -0.05) is 34.6 Å². The first kappa shape index (κ1) is 15.9. The molecule has 3 N–H and O–H groups in total. The minimum absolute atomic E-state index is 0.0184. The van der Waals surface area contributed by atoms with Gasteiger partial charge in [-0.3, -0.25) is 0 Å². The highest BCUT2D eigenvalue weighted by Gasteiger charge is 2.23. The van der Waals surface area contributed by atoms with E-state index in [9.17, 15) is 0 Å². The zero-order valence-corrected chi connectivity index (χ0v) is 11.5. The van der Waals surface area contributed by atoms with Crippen LogP contribution in [0.5, 0.6) is 0 Å². The predicted octanol–water partition coefficient (Wildman–Crippen LogP) is 1.50. The van der Waals surface area contributed by atoms with Gasteiger partial charge in [-0.05, 0) is 24.3 Å². The highest BCUT2D eigenvalue weighted by molar-refractivity contribution is 4.77. The van der Waals surface area contributed by atoms with Crippen molar-refractivity contribution >= 4 is 0 Å². The number of aliphatic hydroxyl groups excluding tert-OH is 2. The second kappa shape index (κ2) is 7.25. The molecule has 0 aliphatic heterocycles. The lowest BCUT2D eigenvalue weighted by atomic mass is 9.85. The van der Waals surface area contributed by atoms with Gasteiger partial charge >= 0.3 is 0 Å².